The fourth-order valence-electron chi connectivity index (χ4n) is 2.58. The minimum atomic E-state index is -3.54. The van der Waals surface area contributed by atoms with E-state index >= 15 is 0 Å². The molecule has 5 nitrogen and oxygen atoms in total. The van der Waals surface area contributed by atoms with Crippen molar-refractivity contribution < 1.29 is 17.5 Å². The molecule has 1 N–H and O–H groups in total. The minimum Gasteiger partial charge on any atom is -0.379 e. The van der Waals surface area contributed by atoms with E-state index in [9.17, 15) is 12.8 Å². The Labute approximate surface area is 137 Å². The number of ether oxygens (including phenoxy) is 1. The lowest BCUT2D eigenvalue weighted by atomic mass is 10.1. The summed E-state index contributed by atoms with van der Waals surface area (Å²) in [4.78, 5) is 2.27. The molecule has 0 aromatic heterocycles. The van der Waals surface area contributed by atoms with Crippen molar-refractivity contribution >= 4 is 10.0 Å². The Morgan fingerprint density at radius 2 is 2.04 bits per heavy atom. The van der Waals surface area contributed by atoms with Crippen molar-refractivity contribution in [1.29, 1.82) is 0 Å². The van der Waals surface area contributed by atoms with Crippen LogP contribution in [0, 0.1) is 18.7 Å². The average Bonchev–Trinajstić information content (AvgIpc) is 2.49. The Morgan fingerprint density at radius 3 is 2.70 bits per heavy atom. The van der Waals surface area contributed by atoms with E-state index in [4.69, 9.17) is 4.74 Å². The number of aryl methyl sites for hydroxylation is 1. The number of sulfonamides is 1. The molecule has 1 aliphatic rings. The SMILES string of the molecule is Cc1ccc(CS(=O)(=O)NC[C@@H](C)CN2CCOCC2)c(F)c1. The number of nitrogens with zero attached hydrogens (tertiary/aromatic N) is 1. The van der Waals surface area contributed by atoms with Crippen molar-refractivity contribution in [2.75, 3.05) is 39.4 Å². The number of rotatable bonds is 7. The van der Waals surface area contributed by atoms with Crippen LogP contribution in [0.25, 0.3) is 0 Å². The number of morpholine rings is 1. The zero-order chi connectivity index (χ0) is 16.9. The fourth-order valence-corrected chi connectivity index (χ4v) is 3.87. The molecule has 0 unspecified atom stereocenters. The van der Waals surface area contributed by atoms with Gasteiger partial charge in [-0.3, -0.25) is 4.90 Å². The molecule has 1 aromatic carbocycles. The van der Waals surface area contributed by atoms with Gasteiger partial charge in [-0.25, -0.2) is 17.5 Å². The summed E-state index contributed by atoms with van der Waals surface area (Å²) in [5.41, 5.74) is 0.972. The number of hydrogen-bond acceptors (Lipinski definition) is 4. The molecule has 0 spiro atoms. The van der Waals surface area contributed by atoms with Gasteiger partial charge in [0.2, 0.25) is 10.0 Å². The quantitative estimate of drug-likeness (QED) is 0.815. The van der Waals surface area contributed by atoms with Gasteiger partial charge in [-0.2, -0.15) is 0 Å². The molecule has 1 heterocycles. The molecule has 1 saturated heterocycles. The van der Waals surface area contributed by atoms with E-state index in [-0.39, 0.29) is 17.2 Å². The maximum absolute atomic E-state index is 13.8. The second-order valence-electron chi connectivity index (χ2n) is 6.22. The largest absolute Gasteiger partial charge is 0.379 e. The standard InChI is InChI=1S/C16H25FN2O3S/c1-13-3-4-15(16(17)9-13)12-23(20,21)18-10-14(2)11-19-5-7-22-8-6-19/h3-4,9,14,18H,5-8,10-12H2,1-2H3/t14-/m1/s1. The molecule has 0 amide bonds. The van der Waals surface area contributed by atoms with Gasteiger partial charge in [-0.15, -0.1) is 0 Å². The predicted octanol–water partition coefficient (Wildman–Crippen LogP) is 1.52. The molecule has 0 aliphatic carbocycles. The van der Waals surface area contributed by atoms with Crippen LogP contribution in [0.5, 0.6) is 0 Å². The Kier molecular flexibility index (Phi) is 6.52. The Balaban J connectivity index is 1.83. The van der Waals surface area contributed by atoms with Crippen molar-refractivity contribution in [2.45, 2.75) is 19.6 Å². The lowest BCUT2D eigenvalue weighted by Gasteiger charge is -2.29. The van der Waals surface area contributed by atoms with Crippen LogP contribution < -0.4 is 4.72 Å². The summed E-state index contributed by atoms with van der Waals surface area (Å²) in [7, 11) is -3.54. The molecular formula is C16H25FN2O3S. The third kappa shape index (κ3) is 6.18. The third-order valence-electron chi connectivity index (χ3n) is 3.88. The van der Waals surface area contributed by atoms with E-state index < -0.39 is 15.8 Å². The molecule has 0 saturated carbocycles. The molecule has 0 bridgehead atoms. The van der Waals surface area contributed by atoms with Gasteiger partial charge in [-0.1, -0.05) is 19.1 Å². The van der Waals surface area contributed by atoms with Gasteiger partial charge in [-0.05, 0) is 24.5 Å². The van der Waals surface area contributed by atoms with Gasteiger partial charge in [0.05, 0.1) is 19.0 Å². The monoisotopic (exact) mass is 344 g/mol. The van der Waals surface area contributed by atoms with E-state index in [1.807, 2.05) is 6.92 Å². The summed E-state index contributed by atoms with van der Waals surface area (Å²) in [5, 5.41) is 0. The van der Waals surface area contributed by atoms with Gasteiger partial charge in [0.1, 0.15) is 5.82 Å². The predicted molar refractivity (Wildman–Crippen MR) is 88.2 cm³/mol. The molecule has 1 aliphatic heterocycles. The van der Waals surface area contributed by atoms with Gasteiger partial charge in [0, 0.05) is 31.7 Å². The van der Waals surface area contributed by atoms with Crippen LogP contribution in [0.1, 0.15) is 18.1 Å². The van der Waals surface area contributed by atoms with Crippen LogP contribution in [0.4, 0.5) is 4.39 Å². The summed E-state index contributed by atoms with van der Waals surface area (Å²) in [6.07, 6.45) is 0. The van der Waals surface area contributed by atoms with Gasteiger partial charge >= 0.3 is 0 Å². The second-order valence-corrected chi connectivity index (χ2v) is 8.03. The van der Waals surface area contributed by atoms with Crippen LogP contribution in [0.2, 0.25) is 0 Å². The molecular weight excluding hydrogens is 319 g/mol. The Hall–Kier alpha value is -1.02. The van der Waals surface area contributed by atoms with Crippen LogP contribution in [-0.4, -0.2) is 52.7 Å². The normalized spacial score (nSPS) is 18.0. The number of nitrogens with one attached hydrogen (secondary N) is 1. The van der Waals surface area contributed by atoms with Crippen LogP contribution in [-0.2, 0) is 20.5 Å². The molecule has 0 radical (unpaired) electrons. The molecule has 7 heteroatoms. The van der Waals surface area contributed by atoms with Gasteiger partial charge in [0.25, 0.3) is 0 Å². The van der Waals surface area contributed by atoms with E-state index in [1.165, 1.54) is 12.1 Å². The Bertz CT molecular complexity index is 616. The highest BCUT2D eigenvalue weighted by molar-refractivity contribution is 7.88. The maximum atomic E-state index is 13.8. The highest BCUT2D eigenvalue weighted by Gasteiger charge is 2.18. The first kappa shape index (κ1) is 18.3. The third-order valence-corrected chi connectivity index (χ3v) is 5.18. The number of hydrogen-bond donors (Lipinski definition) is 1. The highest BCUT2D eigenvalue weighted by atomic mass is 32.2. The molecule has 130 valence electrons. The van der Waals surface area contributed by atoms with Crippen LogP contribution in [0.15, 0.2) is 18.2 Å². The van der Waals surface area contributed by atoms with Crippen molar-refractivity contribution in [3.8, 4) is 0 Å². The maximum Gasteiger partial charge on any atom is 0.215 e. The van der Waals surface area contributed by atoms with E-state index in [0.717, 1.165) is 38.4 Å². The van der Waals surface area contributed by atoms with Crippen molar-refractivity contribution in [3.63, 3.8) is 0 Å². The average molecular weight is 344 g/mol. The lowest BCUT2D eigenvalue weighted by Crippen LogP contribution is -2.41. The number of halogens is 1. The van der Waals surface area contributed by atoms with Gasteiger partial charge < -0.3 is 4.74 Å². The summed E-state index contributed by atoms with van der Waals surface area (Å²) in [6, 6.07) is 4.60. The lowest BCUT2D eigenvalue weighted by molar-refractivity contribution is 0.0321. The summed E-state index contributed by atoms with van der Waals surface area (Å²) >= 11 is 0. The second kappa shape index (κ2) is 8.19. The van der Waals surface area contributed by atoms with Gasteiger partial charge in [0.15, 0.2) is 0 Å². The first-order chi connectivity index (χ1) is 10.9. The minimum absolute atomic E-state index is 0.186. The Morgan fingerprint density at radius 1 is 1.35 bits per heavy atom. The van der Waals surface area contributed by atoms with Crippen molar-refractivity contribution in [1.82, 2.24) is 9.62 Å². The smallest absolute Gasteiger partial charge is 0.215 e. The molecule has 2 rings (SSSR count). The van der Waals surface area contributed by atoms with E-state index in [2.05, 4.69) is 9.62 Å². The molecule has 1 atom stereocenters. The zero-order valence-electron chi connectivity index (χ0n) is 13.7. The van der Waals surface area contributed by atoms with E-state index in [0.29, 0.717) is 6.54 Å². The van der Waals surface area contributed by atoms with E-state index in [1.54, 1.807) is 13.0 Å². The fraction of sp³-hybridized carbons (Fsp3) is 0.625. The number of benzene rings is 1. The van der Waals surface area contributed by atoms with Crippen LogP contribution in [0.3, 0.4) is 0 Å². The molecule has 23 heavy (non-hydrogen) atoms. The zero-order valence-corrected chi connectivity index (χ0v) is 14.5. The summed E-state index contributed by atoms with van der Waals surface area (Å²) in [5.74, 6) is -0.619. The summed E-state index contributed by atoms with van der Waals surface area (Å²) < 4.78 is 45.9. The molecule has 1 aromatic rings. The van der Waals surface area contributed by atoms with Crippen molar-refractivity contribution in [3.05, 3.63) is 35.1 Å². The summed E-state index contributed by atoms with van der Waals surface area (Å²) in [6.45, 7) is 8.17. The highest BCUT2D eigenvalue weighted by Crippen LogP contribution is 2.13. The van der Waals surface area contributed by atoms with Crippen molar-refractivity contribution in [2.24, 2.45) is 5.92 Å². The first-order valence-electron chi connectivity index (χ1n) is 7.88. The topological polar surface area (TPSA) is 58.6 Å². The molecule has 1 fully saturated rings. The first-order valence-corrected chi connectivity index (χ1v) is 9.53. The van der Waals surface area contributed by atoms with Crippen LogP contribution >= 0.6 is 0 Å².